The van der Waals surface area contributed by atoms with Crippen molar-refractivity contribution in [3.8, 4) is 44.8 Å². The molecule has 1 saturated carbocycles. The van der Waals surface area contributed by atoms with E-state index in [-0.39, 0.29) is 35.9 Å². The summed E-state index contributed by atoms with van der Waals surface area (Å²) in [4.78, 5) is 59.3. The fraction of sp³-hybridized carbons (Fsp3) is 0.491. The molecule has 13 nitrogen and oxygen atoms in total. The second-order valence-corrected chi connectivity index (χ2v) is 20.2. The monoisotopic (exact) mass is 895 g/mol. The summed E-state index contributed by atoms with van der Waals surface area (Å²) in [6, 6.07) is 21.7. The molecule has 4 aliphatic rings. The van der Waals surface area contributed by atoms with E-state index in [0.717, 1.165) is 60.1 Å². The molecule has 2 unspecified atom stereocenters. The Labute approximate surface area is 388 Å². The minimum Gasteiger partial charge on any atom is -0.453 e. The van der Waals surface area contributed by atoms with Crippen LogP contribution < -0.4 is 10.6 Å². The molecule has 3 fully saturated rings. The summed E-state index contributed by atoms with van der Waals surface area (Å²) < 4.78 is 9.75. The number of ether oxygens (including phenoxy) is 2. The molecule has 2 aliphatic carbocycles. The highest BCUT2D eigenvalue weighted by Gasteiger charge is 2.42. The maximum Gasteiger partial charge on any atom is 0.407 e. The lowest BCUT2D eigenvalue weighted by molar-refractivity contribution is -0.135. The van der Waals surface area contributed by atoms with E-state index in [4.69, 9.17) is 19.4 Å². The predicted molar refractivity (Wildman–Crippen MR) is 256 cm³/mol. The number of fused-ring (bicyclic) bond motifs is 5. The smallest absolute Gasteiger partial charge is 0.407 e. The molecule has 4 heterocycles. The molecule has 2 aliphatic heterocycles. The molecule has 8 atom stereocenters. The van der Waals surface area contributed by atoms with Crippen LogP contribution in [0.2, 0.25) is 0 Å². The van der Waals surface area contributed by atoms with E-state index < -0.39 is 18.2 Å². The van der Waals surface area contributed by atoms with E-state index in [1.807, 2.05) is 31.1 Å². The number of nitrogens with one attached hydrogen (secondary N) is 4. The maximum atomic E-state index is 13.8. The van der Waals surface area contributed by atoms with Crippen LogP contribution in [0, 0.1) is 23.7 Å². The largest absolute Gasteiger partial charge is 0.453 e. The molecule has 2 saturated heterocycles. The van der Waals surface area contributed by atoms with E-state index in [2.05, 4.69) is 114 Å². The van der Waals surface area contributed by atoms with Crippen molar-refractivity contribution in [2.45, 2.75) is 110 Å². The molecule has 0 spiro atoms. The second kappa shape index (κ2) is 18.7. The number of nitrogens with zero attached hydrogens (tertiary/aromatic N) is 4. The molecule has 5 aromatic rings. The van der Waals surface area contributed by atoms with E-state index in [9.17, 15) is 14.4 Å². The van der Waals surface area contributed by atoms with E-state index in [0.29, 0.717) is 30.2 Å². The zero-order valence-electron chi connectivity index (χ0n) is 39.7. The Balaban J connectivity index is 0.913. The number of hydrogen-bond acceptors (Lipinski definition) is 8. The number of carbonyl (C=O) groups excluding carboxylic acids is 3. The van der Waals surface area contributed by atoms with Gasteiger partial charge >= 0.3 is 12.2 Å². The number of rotatable bonds is 13. The van der Waals surface area contributed by atoms with Crippen LogP contribution in [-0.2, 0) is 14.3 Å². The van der Waals surface area contributed by atoms with Gasteiger partial charge in [0.1, 0.15) is 17.7 Å². The highest BCUT2D eigenvalue weighted by molar-refractivity contribution is 5.87. The summed E-state index contributed by atoms with van der Waals surface area (Å²) in [7, 11) is 2.72. The average molecular weight is 895 g/mol. The lowest BCUT2D eigenvalue weighted by atomic mass is 9.81. The van der Waals surface area contributed by atoms with Gasteiger partial charge in [0.05, 0.1) is 50.1 Å². The number of aromatic nitrogens is 4. The number of H-pyrrole nitrogens is 2. The molecule has 4 N–H and O–H groups in total. The summed E-state index contributed by atoms with van der Waals surface area (Å²) in [5, 5.41) is 5.78. The summed E-state index contributed by atoms with van der Waals surface area (Å²) in [5.74, 6) is 3.73. The molecule has 3 amide bonds. The Bertz CT molecular complexity index is 2550. The van der Waals surface area contributed by atoms with Crippen molar-refractivity contribution >= 4 is 18.1 Å². The Morgan fingerprint density at radius 1 is 0.652 bits per heavy atom. The average Bonchev–Trinajstić information content (AvgIpc) is 4.19. The number of benzene rings is 3. The third-order valence-electron chi connectivity index (χ3n) is 14.9. The van der Waals surface area contributed by atoms with E-state index in [1.165, 1.54) is 66.9 Å². The molecule has 2 aromatic heterocycles. The number of alkyl carbamates (subject to hydrolysis) is 2. The van der Waals surface area contributed by atoms with Crippen molar-refractivity contribution in [2.24, 2.45) is 23.7 Å². The van der Waals surface area contributed by atoms with Gasteiger partial charge in [-0.15, -0.1) is 0 Å². The molecule has 0 radical (unpaired) electrons. The molecular weight excluding hydrogens is 829 g/mol. The van der Waals surface area contributed by atoms with Gasteiger partial charge in [0.15, 0.2) is 0 Å². The Morgan fingerprint density at radius 2 is 1.14 bits per heavy atom. The first-order valence-electron chi connectivity index (χ1n) is 24.0. The summed E-state index contributed by atoms with van der Waals surface area (Å²) >= 11 is 0. The van der Waals surface area contributed by atoms with E-state index in [1.54, 1.807) is 0 Å². The first-order chi connectivity index (χ1) is 31.8. The van der Waals surface area contributed by atoms with Crippen molar-refractivity contribution in [3.63, 3.8) is 0 Å². The summed E-state index contributed by atoms with van der Waals surface area (Å²) in [5.41, 5.74) is 12.2. The standard InChI is InChI=1S/C53H66N8O5/c1-29(2)43(58-52(63)65-7)28-60-26-31(5)21-44(60)49-54-24-41(56-49)35-13-9-33(10-14-35)39-19-20-40(47-38-18-17-37(23-38)46(39)47)34-11-15-36(16-12-34)42-25-55-50(57-42)45-22-32(6)27-61(45)51(62)48(30(3)4)59-53(64)66-8/h9-16,19-20,24-25,29-32,37-38,43-45,48H,17-18,21-23,26-28H2,1-8H3,(H,54,56)(H,55,57)(H,58,63)(H,59,64)/t31-,32-,37?,38?,43-,44+,45+,48+/m1/s1. The van der Waals surface area contributed by atoms with Crippen LogP contribution in [0.25, 0.3) is 44.8 Å². The van der Waals surface area contributed by atoms with Crippen molar-refractivity contribution in [1.82, 2.24) is 40.4 Å². The Kier molecular flexibility index (Phi) is 12.8. The van der Waals surface area contributed by atoms with Crippen molar-refractivity contribution in [1.29, 1.82) is 0 Å². The normalized spacial score (nSPS) is 23.3. The number of aromatic amines is 2. The third-order valence-corrected chi connectivity index (χ3v) is 14.9. The van der Waals surface area contributed by atoms with Crippen LogP contribution in [0.4, 0.5) is 9.59 Å². The zero-order chi connectivity index (χ0) is 46.4. The third kappa shape index (κ3) is 8.86. The maximum absolute atomic E-state index is 13.8. The summed E-state index contributed by atoms with van der Waals surface area (Å²) in [6.45, 7) is 14.8. The molecule has 13 heteroatoms. The van der Waals surface area contributed by atoms with Crippen LogP contribution in [0.3, 0.4) is 0 Å². The fourth-order valence-electron chi connectivity index (χ4n) is 11.4. The van der Waals surface area contributed by atoms with Crippen LogP contribution >= 0.6 is 0 Å². The summed E-state index contributed by atoms with van der Waals surface area (Å²) in [6.07, 6.45) is 8.31. The van der Waals surface area contributed by atoms with Crippen LogP contribution in [0.5, 0.6) is 0 Å². The number of likely N-dealkylation sites (tertiary alicyclic amines) is 2. The van der Waals surface area contributed by atoms with Crippen molar-refractivity contribution in [3.05, 3.63) is 95.8 Å². The van der Waals surface area contributed by atoms with Gasteiger partial charge in [-0.1, -0.05) is 102 Å². The number of imidazole rings is 2. The minimum atomic E-state index is -0.686. The van der Waals surface area contributed by atoms with Crippen molar-refractivity contribution < 1.29 is 23.9 Å². The number of hydrogen-bond donors (Lipinski definition) is 4. The molecule has 9 rings (SSSR count). The van der Waals surface area contributed by atoms with Gasteiger partial charge in [-0.3, -0.25) is 9.69 Å². The Hall–Kier alpha value is -5.95. The number of carbonyl (C=O) groups is 3. The van der Waals surface area contributed by atoms with Gasteiger partial charge in [-0.2, -0.15) is 0 Å². The Morgan fingerprint density at radius 3 is 1.65 bits per heavy atom. The predicted octanol–water partition coefficient (Wildman–Crippen LogP) is 10.2. The topological polar surface area (TPSA) is 158 Å². The molecule has 66 heavy (non-hydrogen) atoms. The molecule has 2 bridgehead atoms. The van der Waals surface area contributed by atoms with Crippen molar-refractivity contribution in [2.75, 3.05) is 33.9 Å². The number of amides is 3. The van der Waals surface area contributed by atoms with Gasteiger partial charge < -0.3 is 35.0 Å². The fourth-order valence-corrected chi connectivity index (χ4v) is 11.4. The zero-order valence-corrected chi connectivity index (χ0v) is 39.7. The SMILES string of the molecule is COC(=O)N[C@H](C(=O)N1C[C@H](C)C[C@H]1c1ncc(-c2ccc(-c3ccc(-c4ccc(-c5cnc([C@@H]6C[C@@H](C)CN6C[C@@H](NC(=O)OC)C(C)C)[nH]5)cc4)c4c3C3CCC4C3)cc2)[nH]1)C(C)C. The second-order valence-electron chi connectivity index (χ2n) is 20.2. The first-order valence-corrected chi connectivity index (χ1v) is 24.0. The highest BCUT2D eigenvalue weighted by Crippen LogP contribution is 2.58. The minimum absolute atomic E-state index is 0.0237. The van der Waals surface area contributed by atoms with Gasteiger partial charge in [-0.25, -0.2) is 19.6 Å². The lowest BCUT2D eigenvalue weighted by Crippen LogP contribution is -2.51. The quantitative estimate of drug-likeness (QED) is 0.0910. The molecule has 3 aromatic carbocycles. The lowest BCUT2D eigenvalue weighted by Gasteiger charge is -2.30. The molecular formula is C53H66N8O5. The first kappa shape index (κ1) is 45.2. The van der Waals surface area contributed by atoms with Gasteiger partial charge in [0, 0.05) is 25.7 Å². The van der Waals surface area contributed by atoms with E-state index >= 15 is 0 Å². The number of methoxy groups -OCH3 is 2. The van der Waals surface area contributed by atoms with Crippen LogP contribution in [0.15, 0.2) is 73.1 Å². The van der Waals surface area contributed by atoms with Crippen LogP contribution in [0.1, 0.15) is 120 Å². The van der Waals surface area contributed by atoms with Gasteiger partial charge in [-0.05, 0) is 112 Å². The van der Waals surface area contributed by atoms with Gasteiger partial charge in [0.2, 0.25) is 5.91 Å². The highest BCUT2D eigenvalue weighted by atomic mass is 16.5. The van der Waals surface area contributed by atoms with Crippen LogP contribution in [-0.4, -0.2) is 93.8 Å². The molecule has 348 valence electrons. The van der Waals surface area contributed by atoms with Gasteiger partial charge in [0.25, 0.3) is 0 Å².